The fourth-order valence-electron chi connectivity index (χ4n) is 3.45. The Morgan fingerprint density at radius 1 is 0.957 bits per heavy atom. The summed E-state index contributed by atoms with van der Waals surface area (Å²) in [6, 6.07) is 14.3. The maximum atomic E-state index is 11.9. The van der Waals surface area contributed by atoms with Crippen molar-refractivity contribution >= 4 is 12.4 Å². The first-order valence-electron chi connectivity index (χ1n) is 8.36. The number of benzene rings is 2. The third kappa shape index (κ3) is 3.50. The van der Waals surface area contributed by atoms with Gasteiger partial charge in [-0.05, 0) is 0 Å². The van der Waals surface area contributed by atoms with Crippen LogP contribution in [-0.4, -0.2) is 17.7 Å². The van der Waals surface area contributed by atoms with Gasteiger partial charge in [0.1, 0.15) is 0 Å². The van der Waals surface area contributed by atoms with E-state index in [4.69, 9.17) is 4.52 Å². The average Bonchev–Trinajstić information content (AvgIpc) is 2.52. The molecule has 2 rings (SSSR count). The first-order valence-corrected chi connectivity index (χ1v) is 10.8. The third-order valence-electron chi connectivity index (χ3n) is 4.75. The van der Waals surface area contributed by atoms with E-state index in [2.05, 4.69) is 32.9 Å². The van der Waals surface area contributed by atoms with E-state index in [1.54, 1.807) is 0 Å². The van der Waals surface area contributed by atoms with Crippen LogP contribution in [0.4, 0.5) is 0 Å². The Balaban J connectivity index is 2.61. The van der Waals surface area contributed by atoms with Crippen LogP contribution >= 0.6 is 7.06 Å². The van der Waals surface area contributed by atoms with Crippen LogP contribution in [0.1, 0.15) is 36.1 Å². The molecule has 0 atom stereocenters. The number of aryl methyl sites for hydroxylation is 3. The molecule has 0 unspecified atom stereocenters. The van der Waals surface area contributed by atoms with Crippen molar-refractivity contribution in [3.63, 3.8) is 0 Å². The molecule has 0 saturated heterocycles. The number of hydrogen-bond acceptors (Lipinski definition) is 2. The summed E-state index contributed by atoms with van der Waals surface area (Å²) in [6.07, 6.45) is 1.20. The zero-order valence-electron chi connectivity index (χ0n) is 15.0. The molecule has 0 spiro atoms. The molecule has 23 heavy (non-hydrogen) atoms. The molecule has 0 aliphatic carbocycles. The second-order valence-corrected chi connectivity index (χ2v) is 10.9. The monoisotopic (exact) mass is 332 g/mol. The normalized spacial score (nSPS) is 13.6. The SMILES string of the molecule is CCOP(O)(CC)(Cc1c(C)cc(C)cc1C)c1ccccc1. The van der Waals surface area contributed by atoms with E-state index in [1.807, 2.05) is 44.2 Å². The summed E-state index contributed by atoms with van der Waals surface area (Å²) in [5.74, 6) is 0. The molecule has 2 aromatic rings. The fraction of sp³-hybridized carbons (Fsp3) is 0.400. The van der Waals surface area contributed by atoms with E-state index in [-0.39, 0.29) is 0 Å². The molecule has 0 bridgehead atoms. The molecular weight excluding hydrogens is 303 g/mol. The summed E-state index contributed by atoms with van der Waals surface area (Å²) >= 11 is 0. The van der Waals surface area contributed by atoms with Gasteiger partial charge in [0.25, 0.3) is 0 Å². The van der Waals surface area contributed by atoms with E-state index in [1.165, 1.54) is 22.3 Å². The van der Waals surface area contributed by atoms with E-state index >= 15 is 0 Å². The standard InChI is InChI=1S/C20H29O2P/c1-6-22-23(21,7-2,19-11-9-8-10-12-19)15-20-17(4)13-16(3)14-18(20)5/h8-14,21H,6-7,15H2,1-5H3. The van der Waals surface area contributed by atoms with Gasteiger partial charge in [-0.2, -0.15) is 0 Å². The van der Waals surface area contributed by atoms with Crippen LogP contribution in [0.15, 0.2) is 42.5 Å². The molecule has 0 aromatic heterocycles. The summed E-state index contributed by atoms with van der Waals surface area (Å²) in [5, 5.41) is 0.947. The van der Waals surface area contributed by atoms with Gasteiger partial charge in [0, 0.05) is 0 Å². The summed E-state index contributed by atoms with van der Waals surface area (Å²) in [7, 11) is -3.46. The predicted molar refractivity (Wildman–Crippen MR) is 102 cm³/mol. The topological polar surface area (TPSA) is 29.5 Å². The van der Waals surface area contributed by atoms with Gasteiger partial charge in [-0.25, -0.2) is 0 Å². The van der Waals surface area contributed by atoms with Crippen LogP contribution in [-0.2, 0) is 10.7 Å². The molecular formula is C20H29O2P. The quantitative estimate of drug-likeness (QED) is 0.765. The molecule has 3 heteroatoms. The predicted octanol–water partition coefficient (Wildman–Crippen LogP) is 4.87. The average molecular weight is 332 g/mol. The first kappa shape index (κ1) is 18.1. The molecule has 0 saturated carbocycles. The van der Waals surface area contributed by atoms with Gasteiger partial charge in [-0.15, -0.1) is 0 Å². The summed E-state index contributed by atoms with van der Waals surface area (Å²) in [4.78, 5) is 11.9. The molecule has 0 heterocycles. The zero-order chi connectivity index (χ0) is 17.1. The molecule has 2 nitrogen and oxygen atoms in total. The molecule has 0 radical (unpaired) electrons. The van der Waals surface area contributed by atoms with Crippen molar-refractivity contribution < 1.29 is 9.42 Å². The molecule has 0 fully saturated rings. The second kappa shape index (κ2) is 6.73. The Kier molecular flexibility index (Phi) is 5.30. The van der Waals surface area contributed by atoms with Crippen LogP contribution in [0.25, 0.3) is 0 Å². The van der Waals surface area contributed by atoms with Gasteiger partial charge in [0.05, 0.1) is 0 Å². The summed E-state index contributed by atoms with van der Waals surface area (Å²) in [6.45, 7) is 10.9. The Hall–Kier alpha value is -1.21. The minimum absolute atomic E-state index is 0.515. The summed E-state index contributed by atoms with van der Waals surface area (Å²) in [5.41, 5.74) is 4.94. The number of hydrogen-bond donors (Lipinski definition) is 1. The van der Waals surface area contributed by atoms with Gasteiger partial charge in [-0.1, -0.05) is 0 Å². The Labute approximate surface area is 140 Å². The van der Waals surface area contributed by atoms with Crippen molar-refractivity contribution in [1.29, 1.82) is 0 Å². The van der Waals surface area contributed by atoms with Crippen molar-refractivity contribution in [1.82, 2.24) is 0 Å². The van der Waals surface area contributed by atoms with Crippen LogP contribution in [0.3, 0.4) is 0 Å². The fourth-order valence-corrected chi connectivity index (χ4v) is 7.26. The van der Waals surface area contributed by atoms with Gasteiger partial charge < -0.3 is 0 Å². The van der Waals surface area contributed by atoms with Crippen molar-refractivity contribution in [3.8, 4) is 0 Å². The van der Waals surface area contributed by atoms with E-state index in [0.29, 0.717) is 18.9 Å². The Morgan fingerprint density at radius 3 is 2.00 bits per heavy atom. The van der Waals surface area contributed by atoms with Gasteiger partial charge >= 0.3 is 140 Å². The molecule has 126 valence electrons. The molecule has 0 aliphatic rings. The van der Waals surface area contributed by atoms with E-state index in [0.717, 1.165) is 5.30 Å². The second-order valence-electron chi connectivity index (χ2n) is 6.46. The van der Waals surface area contributed by atoms with Crippen molar-refractivity contribution in [2.45, 2.75) is 40.8 Å². The molecule has 0 amide bonds. The van der Waals surface area contributed by atoms with E-state index < -0.39 is 7.06 Å². The van der Waals surface area contributed by atoms with Crippen LogP contribution in [0, 0.1) is 20.8 Å². The van der Waals surface area contributed by atoms with Crippen LogP contribution in [0.2, 0.25) is 0 Å². The molecule has 2 aromatic carbocycles. The Bertz CT molecular complexity index is 660. The molecule has 1 N–H and O–H groups in total. The number of rotatable bonds is 6. The van der Waals surface area contributed by atoms with E-state index in [9.17, 15) is 4.89 Å². The minimum atomic E-state index is -3.46. The van der Waals surface area contributed by atoms with Crippen LogP contribution < -0.4 is 5.30 Å². The van der Waals surface area contributed by atoms with Crippen LogP contribution in [0.5, 0.6) is 0 Å². The van der Waals surface area contributed by atoms with Gasteiger partial charge in [-0.3, -0.25) is 0 Å². The van der Waals surface area contributed by atoms with Gasteiger partial charge in [0.2, 0.25) is 0 Å². The molecule has 0 aliphatic heterocycles. The van der Waals surface area contributed by atoms with Gasteiger partial charge in [0.15, 0.2) is 0 Å². The summed E-state index contributed by atoms with van der Waals surface area (Å²) < 4.78 is 6.18. The van der Waals surface area contributed by atoms with Crippen molar-refractivity contribution in [2.24, 2.45) is 0 Å². The van der Waals surface area contributed by atoms with Crippen molar-refractivity contribution in [3.05, 3.63) is 64.7 Å². The zero-order valence-corrected chi connectivity index (χ0v) is 15.9. The Morgan fingerprint density at radius 2 is 1.52 bits per heavy atom. The third-order valence-corrected chi connectivity index (χ3v) is 9.36. The van der Waals surface area contributed by atoms with Crippen molar-refractivity contribution in [2.75, 3.05) is 12.8 Å². The maximum absolute atomic E-state index is 11.9. The first-order chi connectivity index (χ1) is 10.8.